The third kappa shape index (κ3) is 2.17. The fraction of sp³-hybridized carbons (Fsp3) is 0.600. The second-order valence-electron chi connectivity index (χ2n) is 4.12. The van der Waals surface area contributed by atoms with E-state index in [9.17, 15) is 9.90 Å². The third-order valence-corrected chi connectivity index (χ3v) is 2.90. The van der Waals surface area contributed by atoms with Gasteiger partial charge in [0.2, 0.25) is 0 Å². The van der Waals surface area contributed by atoms with E-state index in [1.54, 1.807) is 13.2 Å². The summed E-state index contributed by atoms with van der Waals surface area (Å²) in [4.78, 5) is 14.9. The van der Waals surface area contributed by atoms with E-state index < -0.39 is 24.0 Å². The van der Waals surface area contributed by atoms with E-state index in [-0.39, 0.29) is 12.4 Å². The van der Waals surface area contributed by atoms with Crippen LogP contribution in [0.3, 0.4) is 0 Å². The average molecular weight is 241 g/mol. The molecule has 0 amide bonds. The van der Waals surface area contributed by atoms with Crippen molar-refractivity contribution >= 4 is 5.82 Å². The van der Waals surface area contributed by atoms with Crippen LogP contribution < -0.4 is 11.4 Å². The van der Waals surface area contributed by atoms with Crippen molar-refractivity contribution in [2.45, 2.75) is 24.7 Å². The molecule has 0 spiro atoms. The normalized spacial score (nSPS) is 28.5. The molecule has 17 heavy (non-hydrogen) atoms. The molecule has 3 atom stereocenters. The highest BCUT2D eigenvalue weighted by molar-refractivity contribution is 5.39. The minimum Gasteiger partial charge on any atom is -0.394 e. The summed E-state index contributed by atoms with van der Waals surface area (Å²) < 4.78 is 6.75. The molecule has 0 radical (unpaired) electrons. The highest BCUT2D eigenvalue weighted by atomic mass is 16.5. The summed E-state index contributed by atoms with van der Waals surface area (Å²) in [5.41, 5.74) is 5.77. The summed E-state index contributed by atoms with van der Waals surface area (Å²) in [7, 11) is 1.56. The average Bonchev–Trinajstić information content (AvgIpc) is 2.65. The van der Waals surface area contributed by atoms with Gasteiger partial charge in [-0.2, -0.15) is 4.98 Å². The van der Waals surface area contributed by atoms with Crippen LogP contribution in [-0.2, 0) is 11.8 Å². The molecule has 4 N–H and O–H groups in total. The first kappa shape index (κ1) is 12.0. The molecule has 1 fully saturated rings. The van der Waals surface area contributed by atoms with Gasteiger partial charge >= 0.3 is 5.69 Å². The SMILES string of the molecule is Cn1cc(C2C[C@H](O)[C@@H](CO)O2)c(N)nc1=O. The molecule has 7 heteroatoms. The van der Waals surface area contributed by atoms with Gasteiger partial charge in [0.1, 0.15) is 11.9 Å². The van der Waals surface area contributed by atoms with Gasteiger partial charge in [0.15, 0.2) is 0 Å². The van der Waals surface area contributed by atoms with Crippen molar-refractivity contribution in [3.63, 3.8) is 0 Å². The lowest BCUT2D eigenvalue weighted by atomic mass is 10.1. The molecule has 1 saturated heterocycles. The van der Waals surface area contributed by atoms with E-state index >= 15 is 0 Å². The van der Waals surface area contributed by atoms with E-state index in [1.807, 2.05) is 0 Å². The molecule has 0 saturated carbocycles. The topological polar surface area (TPSA) is 111 Å². The lowest BCUT2D eigenvalue weighted by molar-refractivity contribution is -0.0225. The number of aryl methyl sites for hydroxylation is 1. The predicted molar refractivity (Wildman–Crippen MR) is 59.2 cm³/mol. The molecular weight excluding hydrogens is 226 g/mol. The Balaban J connectivity index is 2.30. The predicted octanol–water partition coefficient (Wildman–Crippen LogP) is -1.45. The number of aliphatic hydroxyl groups is 2. The van der Waals surface area contributed by atoms with Crippen molar-refractivity contribution in [2.24, 2.45) is 7.05 Å². The van der Waals surface area contributed by atoms with Gasteiger partial charge in [-0.05, 0) is 0 Å². The van der Waals surface area contributed by atoms with Crippen LogP contribution in [0, 0.1) is 0 Å². The fourth-order valence-electron chi connectivity index (χ4n) is 1.92. The first-order valence-corrected chi connectivity index (χ1v) is 5.30. The zero-order valence-electron chi connectivity index (χ0n) is 9.41. The van der Waals surface area contributed by atoms with Gasteiger partial charge in [-0.15, -0.1) is 0 Å². The van der Waals surface area contributed by atoms with E-state index in [4.69, 9.17) is 15.6 Å². The van der Waals surface area contributed by atoms with Gasteiger partial charge in [-0.1, -0.05) is 0 Å². The number of aliphatic hydroxyl groups excluding tert-OH is 2. The Hall–Kier alpha value is -1.44. The van der Waals surface area contributed by atoms with Crippen LogP contribution in [0.2, 0.25) is 0 Å². The van der Waals surface area contributed by atoms with Crippen molar-refractivity contribution < 1.29 is 14.9 Å². The number of hydrogen-bond acceptors (Lipinski definition) is 6. The summed E-state index contributed by atoms with van der Waals surface area (Å²) in [6.45, 7) is -0.253. The molecular formula is C10H15N3O4. The van der Waals surface area contributed by atoms with Gasteiger partial charge in [0, 0.05) is 25.2 Å². The van der Waals surface area contributed by atoms with Crippen LogP contribution in [-0.4, -0.2) is 38.6 Å². The van der Waals surface area contributed by atoms with Crippen LogP contribution in [0.5, 0.6) is 0 Å². The van der Waals surface area contributed by atoms with Gasteiger partial charge < -0.3 is 25.3 Å². The molecule has 1 aliphatic rings. The maximum Gasteiger partial charge on any atom is 0.349 e. The summed E-state index contributed by atoms with van der Waals surface area (Å²) in [6, 6.07) is 0. The van der Waals surface area contributed by atoms with Crippen molar-refractivity contribution in [1.82, 2.24) is 9.55 Å². The van der Waals surface area contributed by atoms with Crippen molar-refractivity contribution in [2.75, 3.05) is 12.3 Å². The first-order valence-electron chi connectivity index (χ1n) is 5.30. The molecule has 0 aliphatic carbocycles. The highest BCUT2D eigenvalue weighted by Gasteiger charge is 2.35. The second-order valence-corrected chi connectivity index (χ2v) is 4.12. The Morgan fingerprint density at radius 1 is 1.71 bits per heavy atom. The number of anilines is 1. The van der Waals surface area contributed by atoms with Crippen LogP contribution >= 0.6 is 0 Å². The van der Waals surface area contributed by atoms with Crippen LogP contribution in [0.15, 0.2) is 11.0 Å². The Labute approximate surface area is 97.5 Å². The largest absolute Gasteiger partial charge is 0.394 e. The van der Waals surface area contributed by atoms with Gasteiger partial charge in [0.05, 0.1) is 18.8 Å². The molecule has 7 nitrogen and oxygen atoms in total. The zero-order chi connectivity index (χ0) is 12.6. The molecule has 2 heterocycles. The lowest BCUT2D eigenvalue weighted by Crippen LogP contribution is -2.24. The Morgan fingerprint density at radius 2 is 2.41 bits per heavy atom. The molecule has 0 aromatic carbocycles. The first-order chi connectivity index (χ1) is 8.02. The molecule has 2 rings (SSSR count). The monoisotopic (exact) mass is 241 g/mol. The highest BCUT2D eigenvalue weighted by Crippen LogP contribution is 2.34. The van der Waals surface area contributed by atoms with Crippen LogP contribution in [0.25, 0.3) is 0 Å². The van der Waals surface area contributed by atoms with E-state index in [0.717, 1.165) is 0 Å². The zero-order valence-corrected chi connectivity index (χ0v) is 9.41. The number of nitrogen functional groups attached to an aromatic ring is 1. The standard InChI is InChI=1S/C10H15N3O4/c1-13-3-5(9(11)12-10(13)16)7-2-6(15)8(4-14)17-7/h3,6-8,14-15H,2,4H2,1H3,(H2,11,12,16)/t6-,7?,8+/m0/s1. The number of aromatic nitrogens is 2. The molecule has 1 aromatic heterocycles. The lowest BCUT2D eigenvalue weighted by Gasteiger charge is -2.14. The maximum absolute atomic E-state index is 11.2. The van der Waals surface area contributed by atoms with Gasteiger partial charge in [-0.3, -0.25) is 0 Å². The van der Waals surface area contributed by atoms with E-state index in [0.29, 0.717) is 12.0 Å². The summed E-state index contributed by atoms with van der Waals surface area (Å²) >= 11 is 0. The van der Waals surface area contributed by atoms with E-state index in [2.05, 4.69) is 4.98 Å². The van der Waals surface area contributed by atoms with E-state index in [1.165, 1.54) is 4.57 Å². The Kier molecular flexibility index (Phi) is 3.14. The minimum atomic E-state index is -0.735. The van der Waals surface area contributed by atoms with Gasteiger partial charge in [0.25, 0.3) is 0 Å². The summed E-state index contributed by atoms with van der Waals surface area (Å²) in [5, 5.41) is 18.6. The Bertz CT molecular complexity index is 473. The fourth-order valence-corrected chi connectivity index (χ4v) is 1.92. The number of nitrogens with two attached hydrogens (primary N) is 1. The maximum atomic E-state index is 11.2. The molecule has 0 bridgehead atoms. The van der Waals surface area contributed by atoms with Crippen molar-refractivity contribution in [3.8, 4) is 0 Å². The third-order valence-electron chi connectivity index (χ3n) is 2.90. The molecule has 94 valence electrons. The van der Waals surface area contributed by atoms with Crippen molar-refractivity contribution in [1.29, 1.82) is 0 Å². The summed E-state index contributed by atoms with van der Waals surface area (Å²) in [5.74, 6) is 0.101. The molecule has 1 unspecified atom stereocenters. The molecule has 1 aliphatic heterocycles. The second kappa shape index (κ2) is 4.44. The molecule has 1 aromatic rings. The number of nitrogens with zero attached hydrogens (tertiary/aromatic N) is 2. The number of rotatable bonds is 2. The number of ether oxygens (including phenoxy) is 1. The van der Waals surface area contributed by atoms with Crippen LogP contribution in [0.4, 0.5) is 5.82 Å². The summed E-state index contributed by atoms with van der Waals surface area (Å²) in [6.07, 6.45) is 0.0802. The van der Waals surface area contributed by atoms with Crippen LogP contribution in [0.1, 0.15) is 18.1 Å². The quantitative estimate of drug-likeness (QED) is 0.584. The van der Waals surface area contributed by atoms with Gasteiger partial charge in [-0.25, -0.2) is 4.79 Å². The number of hydrogen-bond donors (Lipinski definition) is 3. The minimum absolute atomic E-state index is 0.101. The van der Waals surface area contributed by atoms with Crippen molar-refractivity contribution in [3.05, 3.63) is 22.2 Å². The smallest absolute Gasteiger partial charge is 0.349 e. The Morgan fingerprint density at radius 3 is 3.00 bits per heavy atom.